The third-order valence-electron chi connectivity index (χ3n) is 2.34. The first-order valence-electron chi connectivity index (χ1n) is 4.96. The van der Waals surface area contributed by atoms with E-state index in [0.29, 0.717) is 0 Å². The molecule has 0 spiro atoms. The standard InChI is InChI=1S/C12H13NOS/c14-12(11-8-15-9-13-11)7-6-10-4-2-1-3-5-10/h1-5,8-9,12,14H,6-7H2. The molecule has 2 nitrogen and oxygen atoms in total. The van der Waals surface area contributed by atoms with Crippen LogP contribution in [0.4, 0.5) is 0 Å². The van der Waals surface area contributed by atoms with Gasteiger partial charge in [-0.3, -0.25) is 0 Å². The molecule has 1 unspecified atom stereocenters. The molecule has 2 aromatic rings. The third kappa shape index (κ3) is 2.88. The van der Waals surface area contributed by atoms with Crippen molar-refractivity contribution in [2.75, 3.05) is 0 Å². The van der Waals surface area contributed by atoms with Crippen molar-refractivity contribution < 1.29 is 5.11 Å². The maximum absolute atomic E-state index is 9.81. The molecule has 0 saturated heterocycles. The van der Waals surface area contributed by atoms with Gasteiger partial charge in [0.15, 0.2) is 0 Å². The average molecular weight is 219 g/mol. The van der Waals surface area contributed by atoms with E-state index in [4.69, 9.17) is 0 Å². The lowest BCUT2D eigenvalue weighted by molar-refractivity contribution is 0.164. The molecule has 1 aromatic heterocycles. The predicted octanol–water partition coefficient (Wildman–Crippen LogP) is 2.81. The zero-order valence-corrected chi connectivity index (χ0v) is 9.15. The van der Waals surface area contributed by atoms with Gasteiger partial charge < -0.3 is 5.11 Å². The van der Waals surface area contributed by atoms with Crippen LogP contribution in [0.15, 0.2) is 41.2 Å². The van der Waals surface area contributed by atoms with Gasteiger partial charge in [-0.1, -0.05) is 30.3 Å². The fourth-order valence-electron chi connectivity index (χ4n) is 1.48. The summed E-state index contributed by atoms with van der Waals surface area (Å²) in [6.07, 6.45) is 1.18. The molecule has 2 rings (SSSR count). The Labute approximate surface area is 93.2 Å². The molecule has 0 bridgehead atoms. The Morgan fingerprint density at radius 1 is 1.27 bits per heavy atom. The molecule has 0 amide bonds. The molecule has 1 N–H and O–H groups in total. The molecule has 3 heteroatoms. The Bertz CT molecular complexity index is 385. The average Bonchev–Trinajstić information content (AvgIpc) is 2.81. The Kier molecular flexibility index (Phi) is 3.48. The molecule has 1 atom stereocenters. The highest BCUT2D eigenvalue weighted by molar-refractivity contribution is 7.07. The van der Waals surface area contributed by atoms with Gasteiger partial charge in [0, 0.05) is 5.38 Å². The van der Waals surface area contributed by atoms with Gasteiger partial charge in [-0.2, -0.15) is 0 Å². The topological polar surface area (TPSA) is 33.1 Å². The summed E-state index contributed by atoms with van der Waals surface area (Å²) >= 11 is 1.52. The lowest BCUT2D eigenvalue weighted by atomic mass is 10.1. The second kappa shape index (κ2) is 5.05. The van der Waals surface area contributed by atoms with Crippen molar-refractivity contribution in [3.05, 3.63) is 52.5 Å². The third-order valence-corrected chi connectivity index (χ3v) is 2.95. The summed E-state index contributed by atoms with van der Waals surface area (Å²) in [6.45, 7) is 0. The smallest absolute Gasteiger partial charge is 0.0971 e. The fourth-order valence-corrected chi connectivity index (χ4v) is 2.08. The maximum Gasteiger partial charge on any atom is 0.0971 e. The molecular weight excluding hydrogens is 206 g/mol. The van der Waals surface area contributed by atoms with E-state index in [2.05, 4.69) is 17.1 Å². The van der Waals surface area contributed by atoms with E-state index in [1.165, 1.54) is 16.9 Å². The summed E-state index contributed by atoms with van der Waals surface area (Å²) in [6, 6.07) is 10.2. The molecule has 15 heavy (non-hydrogen) atoms. The molecule has 0 saturated carbocycles. The van der Waals surface area contributed by atoms with Crippen molar-refractivity contribution in [1.29, 1.82) is 0 Å². The lowest BCUT2D eigenvalue weighted by Gasteiger charge is -2.07. The van der Waals surface area contributed by atoms with Gasteiger partial charge >= 0.3 is 0 Å². The first kappa shape index (κ1) is 10.3. The Hall–Kier alpha value is -1.19. The van der Waals surface area contributed by atoms with Crippen LogP contribution in [-0.2, 0) is 6.42 Å². The molecule has 78 valence electrons. The Balaban J connectivity index is 1.89. The number of benzene rings is 1. The summed E-state index contributed by atoms with van der Waals surface area (Å²) in [5.41, 5.74) is 3.80. The number of aliphatic hydroxyl groups is 1. The normalized spacial score (nSPS) is 12.6. The largest absolute Gasteiger partial charge is 0.387 e. The number of hydrogen-bond donors (Lipinski definition) is 1. The number of nitrogens with zero attached hydrogens (tertiary/aromatic N) is 1. The minimum absolute atomic E-state index is 0.434. The van der Waals surface area contributed by atoms with Crippen molar-refractivity contribution in [2.24, 2.45) is 0 Å². The highest BCUT2D eigenvalue weighted by Crippen LogP contribution is 2.18. The van der Waals surface area contributed by atoms with Crippen LogP contribution in [-0.4, -0.2) is 10.1 Å². The van der Waals surface area contributed by atoms with E-state index in [0.717, 1.165) is 18.5 Å². The molecule has 0 radical (unpaired) electrons. The fraction of sp³-hybridized carbons (Fsp3) is 0.250. The summed E-state index contributed by atoms with van der Waals surface area (Å²) in [7, 11) is 0. The van der Waals surface area contributed by atoms with E-state index in [1.807, 2.05) is 23.6 Å². The van der Waals surface area contributed by atoms with E-state index >= 15 is 0 Å². The minimum atomic E-state index is -0.434. The number of aryl methyl sites for hydroxylation is 1. The number of thiazole rings is 1. The first-order valence-corrected chi connectivity index (χ1v) is 5.90. The van der Waals surface area contributed by atoms with Gasteiger partial charge in [0.05, 0.1) is 17.3 Å². The summed E-state index contributed by atoms with van der Waals surface area (Å²) in [5.74, 6) is 0. The van der Waals surface area contributed by atoms with Crippen LogP contribution in [0.2, 0.25) is 0 Å². The van der Waals surface area contributed by atoms with E-state index < -0.39 is 6.10 Å². The van der Waals surface area contributed by atoms with Gasteiger partial charge in [-0.15, -0.1) is 11.3 Å². The number of rotatable bonds is 4. The zero-order valence-electron chi connectivity index (χ0n) is 8.34. The van der Waals surface area contributed by atoms with E-state index in [9.17, 15) is 5.11 Å². The van der Waals surface area contributed by atoms with Crippen molar-refractivity contribution in [3.8, 4) is 0 Å². The van der Waals surface area contributed by atoms with E-state index in [-0.39, 0.29) is 0 Å². The monoisotopic (exact) mass is 219 g/mol. The molecule has 0 aliphatic heterocycles. The molecule has 0 aliphatic carbocycles. The van der Waals surface area contributed by atoms with Gasteiger partial charge in [0.25, 0.3) is 0 Å². The molecule has 0 aliphatic rings. The molecular formula is C12H13NOS. The highest BCUT2D eigenvalue weighted by Gasteiger charge is 2.08. The van der Waals surface area contributed by atoms with Gasteiger partial charge in [0.1, 0.15) is 0 Å². The molecule has 1 heterocycles. The molecule has 0 fully saturated rings. The zero-order chi connectivity index (χ0) is 10.5. The van der Waals surface area contributed by atoms with Gasteiger partial charge in [-0.05, 0) is 18.4 Å². The lowest BCUT2D eigenvalue weighted by Crippen LogP contribution is -1.99. The van der Waals surface area contributed by atoms with Crippen LogP contribution < -0.4 is 0 Å². The van der Waals surface area contributed by atoms with Crippen molar-refractivity contribution in [2.45, 2.75) is 18.9 Å². The number of aromatic nitrogens is 1. The predicted molar refractivity (Wildman–Crippen MR) is 61.8 cm³/mol. The Morgan fingerprint density at radius 2 is 2.07 bits per heavy atom. The van der Waals surface area contributed by atoms with Crippen molar-refractivity contribution in [3.63, 3.8) is 0 Å². The molecule has 1 aromatic carbocycles. The Morgan fingerprint density at radius 3 is 2.73 bits per heavy atom. The van der Waals surface area contributed by atoms with E-state index in [1.54, 1.807) is 5.51 Å². The summed E-state index contributed by atoms with van der Waals surface area (Å²) < 4.78 is 0. The van der Waals surface area contributed by atoms with Crippen LogP contribution in [0, 0.1) is 0 Å². The van der Waals surface area contributed by atoms with Gasteiger partial charge in [0.2, 0.25) is 0 Å². The number of aliphatic hydroxyl groups excluding tert-OH is 1. The summed E-state index contributed by atoms with van der Waals surface area (Å²) in [5, 5.41) is 11.7. The van der Waals surface area contributed by atoms with Crippen molar-refractivity contribution >= 4 is 11.3 Å². The first-order chi connectivity index (χ1) is 7.36. The van der Waals surface area contributed by atoms with Crippen LogP contribution in [0.25, 0.3) is 0 Å². The van der Waals surface area contributed by atoms with Crippen LogP contribution in [0.1, 0.15) is 23.8 Å². The second-order valence-corrected chi connectivity index (χ2v) is 4.17. The van der Waals surface area contributed by atoms with Gasteiger partial charge in [-0.25, -0.2) is 4.98 Å². The second-order valence-electron chi connectivity index (χ2n) is 3.45. The van der Waals surface area contributed by atoms with Crippen molar-refractivity contribution in [1.82, 2.24) is 4.98 Å². The number of hydrogen-bond acceptors (Lipinski definition) is 3. The van der Waals surface area contributed by atoms with Crippen LogP contribution >= 0.6 is 11.3 Å². The quantitative estimate of drug-likeness (QED) is 0.857. The SMILES string of the molecule is OC(CCc1ccccc1)c1cscn1. The van der Waals surface area contributed by atoms with Crippen LogP contribution in [0.3, 0.4) is 0 Å². The summed E-state index contributed by atoms with van der Waals surface area (Å²) in [4.78, 5) is 4.10. The maximum atomic E-state index is 9.81. The highest BCUT2D eigenvalue weighted by atomic mass is 32.1. The minimum Gasteiger partial charge on any atom is -0.387 e. The van der Waals surface area contributed by atoms with Crippen LogP contribution in [0.5, 0.6) is 0 Å².